The first kappa shape index (κ1) is 14.6. The topological polar surface area (TPSA) is 58.6 Å². The Bertz CT molecular complexity index is 476. The lowest BCUT2D eigenvalue weighted by Crippen LogP contribution is -2.50. The fraction of sp³-hybridized carbons (Fsp3) is 0.643. The lowest BCUT2D eigenvalue weighted by Gasteiger charge is -2.36. The van der Waals surface area contributed by atoms with Crippen LogP contribution in [0.4, 0.5) is 10.6 Å². The highest BCUT2D eigenvalue weighted by atomic mass is 16.6. The van der Waals surface area contributed by atoms with E-state index in [9.17, 15) is 4.79 Å². The SMILES string of the molecule is Cc1nccc(N2CCN(C(=O)OC(C)(C)C)CC2)n1. The number of anilines is 1. The van der Waals surface area contributed by atoms with Gasteiger partial charge >= 0.3 is 6.09 Å². The van der Waals surface area contributed by atoms with Gasteiger partial charge in [0, 0.05) is 32.4 Å². The fourth-order valence-electron chi connectivity index (χ4n) is 2.06. The number of carbonyl (C=O) groups is 1. The second-order valence-electron chi connectivity index (χ2n) is 5.92. The highest BCUT2D eigenvalue weighted by molar-refractivity contribution is 5.68. The zero-order valence-electron chi connectivity index (χ0n) is 12.6. The molecule has 1 saturated heterocycles. The van der Waals surface area contributed by atoms with Gasteiger partial charge < -0.3 is 14.5 Å². The molecule has 1 aromatic heterocycles. The molecule has 1 aromatic rings. The van der Waals surface area contributed by atoms with Gasteiger partial charge in [-0.3, -0.25) is 0 Å². The van der Waals surface area contributed by atoms with E-state index in [2.05, 4.69) is 14.9 Å². The van der Waals surface area contributed by atoms with Crippen molar-refractivity contribution >= 4 is 11.9 Å². The van der Waals surface area contributed by atoms with Crippen LogP contribution in [-0.4, -0.2) is 52.7 Å². The van der Waals surface area contributed by atoms with Crippen LogP contribution in [0.1, 0.15) is 26.6 Å². The highest BCUT2D eigenvalue weighted by Crippen LogP contribution is 2.15. The Kier molecular flexibility index (Phi) is 4.11. The number of hydrogen-bond donors (Lipinski definition) is 0. The minimum Gasteiger partial charge on any atom is -0.444 e. The Morgan fingerprint density at radius 3 is 2.45 bits per heavy atom. The molecule has 6 nitrogen and oxygen atoms in total. The molecule has 1 aliphatic rings. The average molecular weight is 278 g/mol. The van der Waals surface area contributed by atoms with Gasteiger partial charge in [-0.25, -0.2) is 14.8 Å². The first-order valence-corrected chi connectivity index (χ1v) is 6.88. The molecular weight excluding hydrogens is 256 g/mol. The van der Waals surface area contributed by atoms with Gasteiger partial charge in [0.05, 0.1) is 0 Å². The summed E-state index contributed by atoms with van der Waals surface area (Å²) >= 11 is 0. The van der Waals surface area contributed by atoms with Crippen LogP contribution < -0.4 is 4.90 Å². The van der Waals surface area contributed by atoms with Crippen LogP contribution in [0.25, 0.3) is 0 Å². The van der Waals surface area contributed by atoms with E-state index in [0.29, 0.717) is 13.1 Å². The highest BCUT2D eigenvalue weighted by Gasteiger charge is 2.26. The molecule has 0 spiro atoms. The van der Waals surface area contributed by atoms with Gasteiger partial charge in [-0.1, -0.05) is 0 Å². The molecule has 2 heterocycles. The van der Waals surface area contributed by atoms with Crippen LogP contribution in [0.5, 0.6) is 0 Å². The van der Waals surface area contributed by atoms with Crippen molar-refractivity contribution in [1.29, 1.82) is 0 Å². The third kappa shape index (κ3) is 3.82. The van der Waals surface area contributed by atoms with Gasteiger partial charge in [0.1, 0.15) is 17.2 Å². The first-order chi connectivity index (χ1) is 9.35. The summed E-state index contributed by atoms with van der Waals surface area (Å²) < 4.78 is 5.38. The normalized spacial score (nSPS) is 16.2. The molecule has 0 atom stereocenters. The summed E-state index contributed by atoms with van der Waals surface area (Å²) in [4.78, 5) is 24.4. The van der Waals surface area contributed by atoms with Crippen LogP contribution in [0.2, 0.25) is 0 Å². The maximum absolute atomic E-state index is 12.0. The van der Waals surface area contributed by atoms with Gasteiger partial charge in [0.2, 0.25) is 0 Å². The Labute approximate surface area is 119 Å². The molecule has 0 saturated carbocycles. The number of ether oxygens (including phenoxy) is 1. The second kappa shape index (κ2) is 5.64. The molecule has 110 valence electrons. The summed E-state index contributed by atoms with van der Waals surface area (Å²) in [6, 6.07) is 1.90. The Morgan fingerprint density at radius 2 is 1.90 bits per heavy atom. The van der Waals surface area contributed by atoms with E-state index in [1.54, 1.807) is 11.1 Å². The maximum Gasteiger partial charge on any atom is 0.410 e. The van der Waals surface area contributed by atoms with E-state index in [1.165, 1.54) is 0 Å². The van der Waals surface area contributed by atoms with Crippen molar-refractivity contribution in [3.63, 3.8) is 0 Å². The number of rotatable bonds is 1. The summed E-state index contributed by atoms with van der Waals surface area (Å²) in [6.07, 6.45) is 1.52. The smallest absolute Gasteiger partial charge is 0.410 e. The largest absolute Gasteiger partial charge is 0.444 e. The van der Waals surface area contributed by atoms with Crippen molar-refractivity contribution in [1.82, 2.24) is 14.9 Å². The number of piperazine rings is 1. The Morgan fingerprint density at radius 1 is 1.25 bits per heavy atom. The van der Waals surface area contributed by atoms with Gasteiger partial charge in [-0.15, -0.1) is 0 Å². The molecule has 6 heteroatoms. The average Bonchev–Trinajstić information content (AvgIpc) is 2.37. The van der Waals surface area contributed by atoms with Crippen LogP contribution in [0, 0.1) is 6.92 Å². The van der Waals surface area contributed by atoms with E-state index in [1.807, 2.05) is 33.8 Å². The molecular formula is C14H22N4O2. The van der Waals surface area contributed by atoms with Gasteiger partial charge in [-0.05, 0) is 33.8 Å². The predicted molar refractivity (Wildman–Crippen MR) is 76.8 cm³/mol. The second-order valence-corrected chi connectivity index (χ2v) is 5.92. The molecule has 0 unspecified atom stereocenters. The predicted octanol–water partition coefficient (Wildman–Crippen LogP) is 1.84. The van der Waals surface area contributed by atoms with Crippen molar-refractivity contribution in [2.24, 2.45) is 0 Å². The molecule has 0 aliphatic carbocycles. The minimum absolute atomic E-state index is 0.240. The minimum atomic E-state index is -0.446. The van der Waals surface area contributed by atoms with E-state index in [4.69, 9.17) is 4.74 Å². The summed E-state index contributed by atoms with van der Waals surface area (Å²) in [7, 11) is 0. The number of aromatic nitrogens is 2. The molecule has 0 N–H and O–H groups in total. The third-order valence-electron chi connectivity index (χ3n) is 3.02. The molecule has 2 rings (SSSR count). The van der Waals surface area contributed by atoms with Gasteiger partial charge in [0.25, 0.3) is 0 Å². The number of hydrogen-bond acceptors (Lipinski definition) is 5. The summed E-state index contributed by atoms with van der Waals surface area (Å²) in [5.41, 5.74) is -0.446. The molecule has 0 radical (unpaired) electrons. The number of carbonyl (C=O) groups excluding carboxylic acids is 1. The van der Waals surface area contributed by atoms with E-state index < -0.39 is 5.60 Å². The Hall–Kier alpha value is -1.85. The molecule has 20 heavy (non-hydrogen) atoms. The number of nitrogens with zero attached hydrogens (tertiary/aromatic N) is 4. The van der Waals surface area contributed by atoms with E-state index in [-0.39, 0.29) is 6.09 Å². The maximum atomic E-state index is 12.0. The number of amides is 1. The number of aryl methyl sites for hydroxylation is 1. The van der Waals surface area contributed by atoms with Crippen LogP contribution in [-0.2, 0) is 4.74 Å². The van der Waals surface area contributed by atoms with Crippen LogP contribution in [0.15, 0.2) is 12.3 Å². The molecule has 0 aromatic carbocycles. The zero-order chi connectivity index (χ0) is 14.8. The Balaban J connectivity index is 1.91. The quantitative estimate of drug-likeness (QED) is 0.784. The van der Waals surface area contributed by atoms with Crippen molar-refractivity contribution in [2.75, 3.05) is 31.1 Å². The van der Waals surface area contributed by atoms with Crippen LogP contribution in [0.3, 0.4) is 0 Å². The molecule has 1 fully saturated rings. The fourth-order valence-corrected chi connectivity index (χ4v) is 2.06. The molecule has 1 amide bonds. The lowest BCUT2D eigenvalue weighted by atomic mass is 10.2. The summed E-state index contributed by atoms with van der Waals surface area (Å²) in [5, 5.41) is 0. The van der Waals surface area contributed by atoms with Crippen molar-refractivity contribution in [3.8, 4) is 0 Å². The third-order valence-corrected chi connectivity index (χ3v) is 3.02. The standard InChI is InChI=1S/C14H22N4O2/c1-11-15-6-5-12(16-11)17-7-9-18(10-8-17)13(19)20-14(2,3)4/h5-6H,7-10H2,1-4H3. The summed E-state index contributed by atoms with van der Waals surface area (Å²) in [6.45, 7) is 10.3. The zero-order valence-corrected chi connectivity index (χ0v) is 12.6. The van der Waals surface area contributed by atoms with E-state index in [0.717, 1.165) is 24.7 Å². The van der Waals surface area contributed by atoms with E-state index >= 15 is 0 Å². The van der Waals surface area contributed by atoms with Gasteiger partial charge in [0.15, 0.2) is 0 Å². The van der Waals surface area contributed by atoms with Crippen molar-refractivity contribution in [2.45, 2.75) is 33.3 Å². The lowest BCUT2D eigenvalue weighted by molar-refractivity contribution is 0.0240. The van der Waals surface area contributed by atoms with Gasteiger partial charge in [-0.2, -0.15) is 0 Å². The van der Waals surface area contributed by atoms with Crippen molar-refractivity contribution < 1.29 is 9.53 Å². The van der Waals surface area contributed by atoms with Crippen molar-refractivity contribution in [3.05, 3.63) is 18.1 Å². The molecule has 1 aliphatic heterocycles. The van der Waals surface area contributed by atoms with Crippen LogP contribution >= 0.6 is 0 Å². The monoisotopic (exact) mass is 278 g/mol. The molecule has 0 bridgehead atoms. The first-order valence-electron chi connectivity index (χ1n) is 6.88. The summed E-state index contributed by atoms with van der Waals surface area (Å²) in [5.74, 6) is 1.68.